The van der Waals surface area contributed by atoms with Gasteiger partial charge in [-0.05, 0) is 44.2 Å². The highest BCUT2D eigenvalue weighted by Crippen LogP contribution is 2.20. The van der Waals surface area contributed by atoms with E-state index in [9.17, 15) is 9.18 Å². The maximum absolute atomic E-state index is 13.2. The molecule has 0 fully saturated rings. The first-order chi connectivity index (χ1) is 12.4. The Labute approximate surface area is 154 Å². The van der Waals surface area contributed by atoms with Crippen molar-refractivity contribution in [1.82, 2.24) is 10.6 Å². The molecule has 1 amide bonds. The summed E-state index contributed by atoms with van der Waals surface area (Å²) in [6.07, 6.45) is 5.48. The molecule has 0 unspecified atom stereocenters. The maximum Gasteiger partial charge on any atom is 0.251 e. The number of anilines is 1. The number of rotatable bonds is 10. The van der Waals surface area contributed by atoms with Gasteiger partial charge in [0, 0.05) is 35.5 Å². The van der Waals surface area contributed by atoms with E-state index in [1.807, 2.05) is 0 Å². The zero-order chi connectivity index (χ0) is 19.5. The van der Waals surface area contributed by atoms with Crippen molar-refractivity contribution in [3.05, 3.63) is 65.5 Å². The molecule has 5 N–H and O–H groups in total. The number of nitrogens with two attached hydrogens (primary N) is 1. The van der Waals surface area contributed by atoms with E-state index < -0.39 is 5.83 Å². The lowest BCUT2D eigenvalue weighted by Gasteiger charge is -2.12. The highest BCUT2D eigenvalue weighted by Gasteiger charge is 2.13. The summed E-state index contributed by atoms with van der Waals surface area (Å²) in [5.41, 5.74) is 7.42. The second-order valence-corrected chi connectivity index (χ2v) is 5.73. The predicted octanol–water partition coefficient (Wildman–Crippen LogP) is 3.35. The number of hydrogen-bond donors (Lipinski definition) is 4. The molecule has 0 saturated heterocycles. The van der Waals surface area contributed by atoms with Crippen molar-refractivity contribution in [3.8, 4) is 0 Å². The molecule has 26 heavy (non-hydrogen) atoms. The summed E-state index contributed by atoms with van der Waals surface area (Å²) in [6, 6.07) is 4.73. The topological polar surface area (TPSA) is 91.0 Å². The summed E-state index contributed by atoms with van der Waals surface area (Å²) in [4.78, 5) is 12.3. The summed E-state index contributed by atoms with van der Waals surface area (Å²) in [6.45, 7) is 9.13. The Kier molecular flexibility index (Phi) is 9.01. The molecule has 6 heteroatoms. The third-order valence-electron chi connectivity index (χ3n) is 3.55. The van der Waals surface area contributed by atoms with E-state index in [1.165, 1.54) is 0 Å². The molecule has 0 aliphatic carbocycles. The van der Waals surface area contributed by atoms with Crippen LogP contribution in [0.3, 0.4) is 0 Å². The van der Waals surface area contributed by atoms with Crippen molar-refractivity contribution in [3.63, 3.8) is 0 Å². The first kappa shape index (κ1) is 21.3. The van der Waals surface area contributed by atoms with Gasteiger partial charge in [0.2, 0.25) is 0 Å². The van der Waals surface area contributed by atoms with E-state index in [1.54, 1.807) is 37.3 Å². The predicted molar refractivity (Wildman–Crippen MR) is 106 cm³/mol. The maximum atomic E-state index is 13.2. The summed E-state index contributed by atoms with van der Waals surface area (Å²) >= 11 is 0. The fraction of sp³-hybridized carbons (Fsp3) is 0.300. The molecule has 1 aromatic carbocycles. The number of allylic oxidation sites excluding steroid dienone is 5. The summed E-state index contributed by atoms with van der Waals surface area (Å²) in [7, 11) is 0. The van der Waals surface area contributed by atoms with E-state index in [2.05, 4.69) is 24.1 Å². The van der Waals surface area contributed by atoms with Gasteiger partial charge < -0.3 is 16.4 Å². The Hall–Kier alpha value is -2.73. The van der Waals surface area contributed by atoms with Gasteiger partial charge in [0.1, 0.15) is 5.83 Å². The summed E-state index contributed by atoms with van der Waals surface area (Å²) in [5.74, 6) is -0.904. The second kappa shape index (κ2) is 11.0. The van der Waals surface area contributed by atoms with Crippen LogP contribution in [0, 0.1) is 5.41 Å². The number of nitrogens with one attached hydrogen (secondary N) is 3. The number of halogens is 1. The van der Waals surface area contributed by atoms with E-state index in [4.69, 9.17) is 11.1 Å². The van der Waals surface area contributed by atoms with Crippen molar-refractivity contribution in [2.24, 2.45) is 0 Å². The van der Waals surface area contributed by atoms with Gasteiger partial charge in [0.15, 0.2) is 0 Å². The van der Waals surface area contributed by atoms with Crippen LogP contribution in [0.5, 0.6) is 0 Å². The van der Waals surface area contributed by atoms with Crippen LogP contribution in [0.25, 0.3) is 0 Å². The van der Waals surface area contributed by atoms with Crippen LogP contribution in [0.15, 0.2) is 54.4 Å². The first-order valence-corrected chi connectivity index (χ1v) is 8.57. The molecular weight excluding hydrogens is 331 g/mol. The van der Waals surface area contributed by atoms with Crippen LogP contribution in [0.2, 0.25) is 0 Å². The Balaban J connectivity index is 2.97. The third-order valence-corrected chi connectivity index (χ3v) is 3.55. The molecule has 0 spiro atoms. The van der Waals surface area contributed by atoms with Crippen molar-refractivity contribution >= 4 is 17.3 Å². The number of benzene rings is 1. The zero-order valence-corrected chi connectivity index (χ0v) is 15.4. The molecule has 0 radical (unpaired) electrons. The molecule has 0 aromatic heterocycles. The van der Waals surface area contributed by atoms with Gasteiger partial charge in [0.05, 0.1) is 5.71 Å². The minimum absolute atomic E-state index is 0.0265. The minimum Gasteiger partial charge on any atom is -0.398 e. The van der Waals surface area contributed by atoms with Crippen molar-refractivity contribution in [2.75, 3.05) is 25.4 Å². The fourth-order valence-corrected chi connectivity index (χ4v) is 2.29. The molecule has 0 atom stereocenters. The zero-order valence-electron chi connectivity index (χ0n) is 15.4. The fourth-order valence-electron chi connectivity index (χ4n) is 2.29. The van der Waals surface area contributed by atoms with Crippen LogP contribution in [0.1, 0.15) is 36.2 Å². The number of nitrogen functional groups attached to an aromatic ring is 1. The average Bonchev–Trinajstić information content (AvgIpc) is 2.60. The molecule has 0 saturated carbocycles. The van der Waals surface area contributed by atoms with Crippen molar-refractivity contribution < 1.29 is 9.18 Å². The molecule has 0 heterocycles. The lowest BCUT2D eigenvalue weighted by Crippen LogP contribution is -2.32. The molecular formula is C20H27FN4O. The van der Waals surface area contributed by atoms with Crippen LogP contribution in [-0.4, -0.2) is 31.3 Å². The Morgan fingerprint density at radius 2 is 2.08 bits per heavy atom. The molecule has 140 valence electrons. The molecule has 1 aromatic rings. The van der Waals surface area contributed by atoms with Gasteiger partial charge in [0.25, 0.3) is 5.91 Å². The standard InChI is InChI=1S/C20H27FN4O/c1-4-6-15(12-14(3)21)19(23)17-13-16(7-8-18(17)22)20(26)25-11-10-24-9-5-2/h4,6-8,12-13,23-24H,3,5,9-11,22H2,1-2H3,(H,25,26)/b6-4?,15-12+,23-19?. The highest BCUT2D eigenvalue weighted by atomic mass is 19.1. The Morgan fingerprint density at radius 1 is 1.35 bits per heavy atom. The van der Waals surface area contributed by atoms with E-state index in [0.29, 0.717) is 35.5 Å². The average molecular weight is 358 g/mol. The smallest absolute Gasteiger partial charge is 0.251 e. The van der Waals surface area contributed by atoms with Crippen LogP contribution < -0.4 is 16.4 Å². The SMILES string of the molecule is C=C(F)/C=C(\C=CC)C(=N)c1cc(C(=O)NCCNCCC)ccc1N. The third kappa shape index (κ3) is 6.64. The van der Waals surface area contributed by atoms with Gasteiger partial charge in [-0.2, -0.15) is 0 Å². The Morgan fingerprint density at radius 3 is 2.69 bits per heavy atom. The van der Waals surface area contributed by atoms with Gasteiger partial charge in [-0.3, -0.25) is 10.2 Å². The van der Waals surface area contributed by atoms with Crippen molar-refractivity contribution in [2.45, 2.75) is 20.3 Å². The van der Waals surface area contributed by atoms with E-state index in [0.717, 1.165) is 19.0 Å². The lowest BCUT2D eigenvalue weighted by molar-refractivity contribution is 0.0954. The van der Waals surface area contributed by atoms with Crippen molar-refractivity contribution in [1.29, 1.82) is 5.41 Å². The van der Waals surface area contributed by atoms with Crippen LogP contribution >= 0.6 is 0 Å². The molecule has 0 bridgehead atoms. The quantitative estimate of drug-likeness (QED) is 0.224. The van der Waals surface area contributed by atoms with Gasteiger partial charge >= 0.3 is 0 Å². The molecule has 1 rings (SSSR count). The lowest BCUT2D eigenvalue weighted by atomic mass is 9.97. The number of carbonyl (C=O) groups is 1. The van der Waals surface area contributed by atoms with E-state index in [-0.39, 0.29) is 11.6 Å². The normalized spacial score (nSPS) is 11.6. The van der Waals surface area contributed by atoms with E-state index >= 15 is 0 Å². The number of carbonyl (C=O) groups excluding carboxylic acids is 1. The monoisotopic (exact) mass is 358 g/mol. The first-order valence-electron chi connectivity index (χ1n) is 8.57. The second-order valence-electron chi connectivity index (χ2n) is 5.73. The van der Waals surface area contributed by atoms with Gasteiger partial charge in [-0.1, -0.05) is 25.7 Å². The Bertz CT molecular complexity index is 723. The van der Waals surface area contributed by atoms with Crippen LogP contribution in [0.4, 0.5) is 10.1 Å². The molecule has 5 nitrogen and oxygen atoms in total. The molecule has 0 aliphatic rings. The number of hydrogen-bond acceptors (Lipinski definition) is 4. The largest absolute Gasteiger partial charge is 0.398 e. The highest BCUT2D eigenvalue weighted by molar-refractivity contribution is 6.16. The summed E-state index contributed by atoms with van der Waals surface area (Å²) in [5, 5.41) is 14.3. The summed E-state index contributed by atoms with van der Waals surface area (Å²) < 4.78 is 13.2. The van der Waals surface area contributed by atoms with Gasteiger partial charge in [-0.15, -0.1) is 0 Å². The van der Waals surface area contributed by atoms with Crippen LogP contribution in [-0.2, 0) is 0 Å². The minimum atomic E-state index is -0.658. The molecule has 0 aliphatic heterocycles. The van der Waals surface area contributed by atoms with Gasteiger partial charge in [-0.25, -0.2) is 4.39 Å². The number of amides is 1.